The van der Waals surface area contributed by atoms with Gasteiger partial charge in [0.05, 0.1) is 18.8 Å². The van der Waals surface area contributed by atoms with Gasteiger partial charge in [0.1, 0.15) is 5.82 Å². The van der Waals surface area contributed by atoms with Gasteiger partial charge in [-0.1, -0.05) is 6.07 Å². The van der Waals surface area contributed by atoms with Gasteiger partial charge in [-0.3, -0.25) is 0 Å². The lowest BCUT2D eigenvalue weighted by Gasteiger charge is -2.08. The molecule has 102 valence electrons. The zero-order chi connectivity index (χ0) is 13.7. The van der Waals surface area contributed by atoms with Crippen LogP contribution in [-0.4, -0.2) is 40.5 Å². The third-order valence-electron chi connectivity index (χ3n) is 2.77. The fourth-order valence-corrected chi connectivity index (χ4v) is 1.70. The van der Waals surface area contributed by atoms with Gasteiger partial charge in [-0.25, -0.2) is 4.39 Å². The molecule has 0 spiro atoms. The minimum absolute atomic E-state index is 0.272. The summed E-state index contributed by atoms with van der Waals surface area (Å²) in [7, 11) is 1.64. The zero-order valence-electron chi connectivity index (χ0n) is 10.9. The van der Waals surface area contributed by atoms with Crippen molar-refractivity contribution in [2.45, 2.75) is 13.5 Å². The van der Waals surface area contributed by atoms with E-state index in [9.17, 15) is 4.39 Å². The number of nitrogens with zero attached hydrogens (tertiary/aromatic N) is 4. The van der Waals surface area contributed by atoms with E-state index in [-0.39, 0.29) is 5.82 Å². The molecule has 0 saturated carbocycles. The molecule has 0 aliphatic heterocycles. The van der Waals surface area contributed by atoms with Crippen LogP contribution in [0.5, 0.6) is 0 Å². The molecule has 0 aliphatic rings. The van der Waals surface area contributed by atoms with Gasteiger partial charge >= 0.3 is 0 Å². The number of methoxy groups -OCH3 is 1. The van der Waals surface area contributed by atoms with Crippen molar-refractivity contribution in [1.82, 2.24) is 25.5 Å². The van der Waals surface area contributed by atoms with Crippen molar-refractivity contribution >= 4 is 0 Å². The molecule has 6 nitrogen and oxygen atoms in total. The van der Waals surface area contributed by atoms with Crippen LogP contribution in [0.15, 0.2) is 18.2 Å². The minimum Gasteiger partial charge on any atom is -0.383 e. The van der Waals surface area contributed by atoms with E-state index in [1.165, 1.54) is 10.7 Å². The van der Waals surface area contributed by atoms with Crippen LogP contribution in [0.3, 0.4) is 0 Å². The monoisotopic (exact) mass is 265 g/mol. The molecule has 0 amide bonds. The van der Waals surface area contributed by atoms with Crippen LogP contribution in [-0.2, 0) is 11.3 Å². The van der Waals surface area contributed by atoms with Gasteiger partial charge in [0.25, 0.3) is 0 Å². The summed E-state index contributed by atoms with van der Waals surface area (Å²) in [6.45, 7) is 3.51. The Morgan fingerprint density at radius 1 is 1.42 bits per heavy atom. The summed E-state index contributed by atoms with van der Waals surface area (Å²) >= 11 is 0. The van der Waals surface area contributed by atoms with Crippen LogP contribution < -0.4 is 5.32 Å². The quantitative estimate of drug-likeness (QED) is 0.784. The summed E-state index contributed by atoms with van der Waals surface area (Å²) in [5.74, 6) is 0.357. The molecule has 1 aromatic carbocycles. The topological polar surface area (TPSA) is 64.9 Å². The van der Waals surface area contributed by atoms with Crippen molar-refractivity contribution in [3.8, 4) is 5.69 Å². The molecule has 2 aromatic rings. The number of hydrogen-bond donors (Lipinski definition) is 1. The predicted octanol–water partition coefficient (Wildman–Crippen LogP) is 0.846. The van der Waals surface area contributed by atoms with E-state index in [0.717, 1.165) is 0 Å². The average Bonchev–Trinajstić information content (AvgIpc) is 2.86. The lowest BCUT2D eigenvalue weighted by atomic mass is 10.2. The van der Waals surface area contributed by atoms with E-state index in [1.807, 2.05) is 0 Å². The van der Waals surface area contributed by atoms with Crippen LogP contribution in [0, 0.1) is 12.7 Å². The van der Waals surface area contributed by atoms with E-state index in [2.05, 4.69) is 20.8 Å². The first kappa shape index (κ1) is 13.6. The molecule has 0 fully saturated rings. The summed E-state index contributed by atoms with van der Waals surface area (Å²) in [5.41, 5.74) is 1.17. The number of ether oxygens (including phenoxy) is 1. The normalized spacial score (nSPS) is 10.9. The highest BCUT2D eigenvalue weighted by Gasteiger charge is 2.11. The maximum atomic E-state index is 13.5. The molecule has 0 unspecified atom stereocenters. The van der Waals surface area contributed by atoms with Gasteiger partial charge < -0.3 is 10.1 Å². The Bertz CT molecular complexity index is 543. The molecule has 1 aromatic heterocycles. The SMILES string of the molecule is COCCNCc1nnnn1-c1cccc(F)c1C. The molecule has 0 bridgehead atoms. The third kappa shape index (κ3) is 3.12. The van der Waals surface area contributed by atoms with Crippen LogP contribution in [0.25, 0.3) is 5.69 Å². The van der Waals surface area contributed by atoms with Crippen molar-refractivity contribution in [1.29, 1.82) is 0 Å². The lowest BCUT2D eigenvalue weighted by molar-refractivity contribution is 0.199. The molecule has 0 atom stereocenters. The largest absolute Gasteiger partial charge is 0.383 e. The molecular formula is C12H16FN5O. The van der Waals surface area contributed by atoms with Gasteiger partial charge in [0, 0.05) is 19.2 Å². The molecule has 1 N–H and O–H groups in total. The van der Waals surface area contributed by atoms with Crippen LogP contribution in [0.1, 0.15) is 11.4 Å². The number of aromatic nitrogens is 4. The molecule has 0 radical (unpaired) electrons. The first-order valence-electron chi connectivity index (χ1n) is 5.96. The van der Waals surface area contributed by atoms with Gasteiger partial charge in [0.15, 0.2) is 5.82 Å². The van der Waals surface area contributed by atoms with Crippen LogP contribution >= 0.6 is 0 Å². The molecule has 0 saturated heterocycles. The van der Waals surface area contributed by atoms with E-state index < -0.39 is 0 Å². The van der Waals surface area contributed by atoms with E-state index in [0.29, 0.717) is 36.8 Å². The van der Waals surface area contributed by atoms with Gasteiger partial charge in [-0.2, -0.15) is 4.68 Å². The maximum absolute atomic E-state index is 13.5. The van der Waals surface area contributed by atoms with Crippen LogP contribution in [0.4, 0.5) is 4.39 Å². The zero-order valence-corrected chi connectivity index (χ0v) is 10.9. The lowest BCUT2D eigenvalue weighted by Crippen LogP contribution is -2.21. The average molecular weight is 265 g/mol. The molecule has 0 aliphatic carbocycles. The van der Waals surface area contributed by atoms with E-state index in [4.69, 9.17) is 4.74 Å². The number of hydrogen-bond acceptors (Lipinski definition) is 5. The molecular weight excluding hydrogens is 249 g/mol. The van der Waals surface area contributed by atoms with Crippen molar-refractivity contribution in [2.75, 3.05) is 20.3 Å². The van der Waals surface area contributed by atoms with Gasteiger partial charge in [-0.15, -0.1) is 5.10 Å². The summed E-state index contributed by atoms with van der Waals surface area (Å²) < 4.78 is 20.0. The summed E-state index contributed by atoms with van der Waals surface area (Å²) in [6.07, 6.45) is 0. The maximum Gasteiger partial charge on any atom is 0.170 e. The van der Waals surface area contributed by atoms with Crippen molar-refractivity contribution in [3.05, 3.63) is 35.4 Å². The molecule has 19 heavy (non-hydrogen) atoms. The van der Waals surface area contributed by atoms with Crippen molar-refractivity contribution in [2.24, 2.45) is 0 Å². The highest BCUT2D eigenvalue weighted by Crippen LogP contribution is 2.16. The third-order valence-corrected chi connectivity index (χ3v) is 2.77. The molecule has 2 rings (SSSR count). The Morgan fingerprint density at radius 2 is 2.26 bits per heavy atom. The van der Waals surface area contributed by atoms with E-state index >= 15 is 0 Å². The Hall–Kier alpha value is -1.86. The Kier molecular flexibility index (Phi) is 4.53. The van der Waals surface area contributed by atoms with Crippen LogP contribution in [0.2, 0.25) is 0 Å². The Balaban J connectivity index is 2.17. The summed E-state index contributed by atoms with van der Waals surface area (Å²) in [4.78, 5) is 0. The highest BCUT2D eigenvalue weighted by molar-refractivity contribution is 5.40. The van der Waals surface area contributed by atoms with Crippen molar-refractivity contribution in [3.63, 3.8) is 0 Å². The second kappa shape index (κ2) is 6.35. The number of tetrazole rings is 1. The number of halogens is 1. The first-order valence-corrected chi connectivity index (χ1v) is 5.96. The second-order valence-corrected chi connectivity index (χ2v) is 4.06. The predicted molar refractivity (Wildman–Crippen MR) is 67.4 cm³/mol. The smallest absolute Gasteiger partial charge is 0.170 e. The molecule has 1 heterocycles. The minimum atomic E-state index is -0.272. The Labute approximate surface area is 110 Å². The summed E-state index contributed by atoms with van der Waals surface area (Å²) in [6, 6.07) is 4.84. The second-order valence-electron chi connectivity index (χ2n) is 4.06. The van der Waals surface area contributed by atoms with Gasteiger partial charge in [0.2, 0.25) is 0 Å². The number of rotatable bonds is 6. The highest BCUT2D eigenvalue weighted by atomic mass is 19.1. The standard InChI is InChI=1S/C12H16FN5O/c1-9-10(13)4-3-5-11(9)18-12(15-16-17-18)8-14-6-7-19-2/h3-5,14H,6-8H2,1-2H3. The molecule has 7 heteroatoms. The first-order chi connectivity index (χ1) is 9.24. The summed E-state index contributed by atoms with van der Waals surface area (Å²) in [5, 5.41) is 14.6. The van der Waals surface area contributed by atoms with Crippen molar-refractivity contribution < 1.29 is 9.13 Å². The number of nitrogens with one attached hydrogen (secondary N) is 1. The number of benzene rings is 1. The fraction of sp³-hybridized carbons (Fsp3) is 0.417. The Morgan fingerprint density at radius 3 is 3.05 bits per heavy atom. The van der Waals surface area contributed by atoms with E-state index in [1.54, 1.807) is 26.2 Å². The fourth-order valence-electron chi connectivity index (χ4n) is 1.70. The van der Waals surface area contributed by atoms with Gasteiger partial charge in [-0.05, 0) is 29.5 Å².